The maximum absolute atomic E-state index is 13.2. The van der Waals surface area contributed by atoms with E-state index in [2.05, 4.69) is 10.5 Å². The van der Waals surface area contributed by atoms with Gasteiger partial charge in [0.15, 0.2) is 0 Å². The SMILES string of the molecule is CCON=C(C(=O)COS(=O)(=O)c1ccc(C)cc1)C(=O)NC1C(=O)N2C(C(=O)OC(C)OC(C)=O)=C(COC)CS[C@@H]12. The summed E-state index contributed by atoms with van der Waals surface area (Å²) in [6.07, 6.45) is -1.23. The van der Waals surface area contributed by atoms with Gasteiger partial charge in [0, 0.05) is 26.7 Å². The number of ketones is 1. The minimum absolute atomic E-state index is 0.00192. The minimum atomic E-state index is -4.33. The monoisotopic (exact) mass is 641 g/mol. The summed E-state index contributed by atoms with van der Waals surface area (Å²) in [4.78, 5) is 69.1. The summed E-state index contributed by atoms with van der Waals surface area (Å²) in [6, 6.07) is 4.52. The molecule has 2 aliphatic heterocycles. The average molecular weight is 642 g/mol. The zero-order valence-electron chi connectivity index (χ0n) is 24.0. The number of carbonyl (C=O) groups is 5. The van der Waals surface area contributed by atoms with Crippen molar-refractivity contribution >= 4 is 57.1 Å². The Bertz CT molecular complexity index is 1440. The van der Waals surface area contributed by atoms with Gasteiger partial charge in [-0.15, -0.1) is 11.8 Å². The predicted molar refractivity (Wildman–Crippen MR) is 150 cm³/mol. The second-order valence-corrected chi connectivity index (χ2v) is 11.9. The van der Waals surface area contributed by atoms with Crippen LogP contribution in [0, 0.1) is 6.92 Å². The highest BCUT2D eigenvalue weighted by Gasteiger charge is 2.55. The normalized spacial score (nSPS) is 19.1. The van der Waals surface area contributed by atoms with Gasteiger partial charge in [-0.25, -0.2) is 4.79 Å². The molecule has 2 heterocycles. The molecule has 17 heteroatoms. The number of thioether (sulfide) groups is 1. The fourth-order valence-corrected chi connectivity index (χ4v) is 6.15. The molecule has 234 valence electrons. The standard InChI is InChI=1S/C26H31N3O12S2/c1-6-38-28-20(19(31)12-39-43(35,36)18-9-7-14(2)8-10-18)23(32)27-21-24(33)29-22(17(11-37-5)13-42-25(21)29)26(34)41-16(4)40-15(3)30/h7-10,16,21,25H,6,11-13H2,1-5H3,(H,27,32)/t16?,21?,25-/m0/s1. The van der Waals surface area contributed by atoms with Crippen LogP contribution in [0.1, 0.15) is 26.3 Å². The zero-order chi connectivity index (χ0) is 31.9. The van der Waals surface area contributed by atoms with Crippen LogP contribution in [0.4, 0.5) is 0 Å². The van der Waals surface area contributed by atoms with Crippen molar-refractivity contribution in [2.24, 2.45) is 5.16 Å². The molecule has 0 saturated carbocycles. The van der Waals surface area contributed by atoms with Crippen molar-refractivity contribution in [1.29, 1.82) is 0 Å². The number of hydrogen-bond acceptors (Lipinski definition) is 14. The number of benzene rings is 1. The number of Topliss-reactive ketones (excluding diaryl/α,β-unsaturated/α-hetero) is 1. The molecule has 1 saturated heterocycles. The van der Waals surface area contributed by atoms with Gasteiger partial charge in [0.1, 0.15) is 30.3 Å². The van der Waals surface area contributed by atoms with Gasteiger partial charge < -0.3 is 24.4 Å². The van der Waals surface area contributed by atoms with E-state index in [9.17, 15) is 32.4 Å². The van der Waals surface area contributed by atoms with Crippen LogP contribution in [-0.2, 0) is 57.3 Å². The Hall–Kier alpha value is -3.80. The van der Waals surface area contributed by atoms with E-state index < -0.39 is 69.7 Å². The third-order valence-corrected chi connectivity index (χ3v) is 8.49. The summed E-state index contributed by atoms with van der Waals surface area (Å²) < 4.78 is 45.0. The van der Waals surface area contributed by atoms with E-state index in [0.29, 0.717) is 5.57 Å². The van der Waals surface area contributed by atoms with Gasteiger partial charge in [-0.3, -0.25) is 28.3 Å². The largest absolute Gasteiger partial charge is 0.426 e. The van der Waals surface area contributed by atoms with Crippen LogP contribution in [0.5, 0.6) is 0 Å². The maximum Gasteiger partial charge on any atom is 0.358 e. The number of methoxy groups -OCH3 is 1. The van der Waals surface area contributed by atoms with Gasteiger partial charge in [0.25, 0.3) is 21.9 Å². The lowest BCUT2D eigenvalue weighted by molar-refractivity contribution is -0.182. The highest BCUT2D eigenvalue weighted by Crippen LogP contribution is 2.40. The Morgan fingerprint density at radius 2 is 1.84 bits per heavy atom. The fourth-order valence-electron chi connectivity index (χ4n) is 3.95. The van der Waals surface area contributed by atoms with Gasteiger partial charge in [-0.1, -0.05) is 22.9 Å². The molecule has 1 aromatic rings. The molecular formula is C26H31N3O12S2. The number of nitrogens with zero attached hydrogens (tertiary/aromatic N) is 2. The lowest BCUT2D eigenvalue weighted by Crippen LogP contribution is -2.71. The van der Waals surface area contributed by atoms with E-state index in [1.54, 1.807) is 26.0 Å². The van der Waals surface area contributed by atoms with Gasteiger partial charge in [-0.05, 0) is 31.6 Å². The van der Waals surface area contributed by atoms with E-state index in [1.807, 2.05) is 0 Å². The molecule has 1 N–H and O–H groups in total. The van der Waals surface area contributed by atoms with Crippen molar-refractivity contribution in [2.45, 2.75) is 50.3 Å². The van der Waals surface area contributed by atoms with Crippen LogP contribution in [0.3, 0.4) is 0 Å². The number of ether oxygens (including phenoxy) is 3. The van der Waals surface area contributed by atoms with Crippen LogP contribution >= 0.6 is 11.8 Å². The number of oxime groups is 1. The molecule has 0 radical (unpaired) electrons. The van der Waals surface area contributed by atoms with E-state index in [-0.39, 0.29) is 29.6 Å². The molecule has 2 aliphatic rings. The summed E-state index contributed by atoms with van der Waals surface area (Å²) in [5.41, 5.74) is 0.305. The van der Waals surface area contributed by atoms with Gasteiger partial charge in [0.05, 0.1) is 11.5 Å². The topological polar surface area (TPSA) is 193 Å². The van der Waals surface area contributed by atoms with E-state index in [4.69, 9.17) is 23.2 Å². The number of aryl methyl sites for hydroxylation is 1. The lowest BCUT2D eigenvalue weighted by atomic mass is 10.0. The number of esters is 2. The zero-order valence-corrected chi connectivity index (χ0v) is 25.6. The Morgan fingerprint density at radius 1 is 1.16 bits per heavy atom. The predicted octanol–water partition coefficient (Wildman–Crippen LogP) is 0.415. The molecule has 0 aliphatic carbocycles. The first-order valence-electron chi connectivity index (χ1n) is 12.8. The van der Waals surface area contributed by atoms with Crippen molar-refractivity contribution in [2.75, 3.05) is 32.7 Å². The minimum Gasteiger partial charge on any atom is -0.426 e. The van der Waals surface area contributed by atoms with Crippen molar-refractivity contribution in [3.05, 3.63) is 41.1 Å². The first-order chi connectivity index (χ1) is 20.3. The van der Waals surface area contributed by atoms with Crippen LogP contribution in [-0.4, -0.2) is 99.0 Å². The Kier molecular flexibility index (Phi) is 11.4. The highest BCUT2D eigenvalue weighted by molar-refractivity contribution is 8.00. The highest BCUT2D eigenvalue weighted by atomic mass is 32.2. The van der Waals surface area contributed by atoms with Gasteiger partial charge in [-0.2, -0.15) is 8.42 Å². The number of hydrogen-bond donors (Lipinski definition) is 1. The molecule has 43 heavy (non-hydrogen) atoms. The first-order valence-corrected chi connectivity index (χ1v) is 15.3. The quantitative estimate of drug-likeness (QED) is 0.0559. The number of amides is 2. The second kappa shape index (κ2) is 14.6. The van der Waals surface area contributed by atoms with Gasteiger partial charge >= 0.3 is 11.9 Å². The average Bonchev–Trinajstić information content (AvgIpc) is 2.94. The van der Waals surface area contributed by atoms with E-state index in [0.717, 1.165) is 17.4 Å². The molecule has 3 atom stereocenters. The Morgan fingerprint density at radius 3 is 2.44 bits per heavy atom. The van der Waals surface area contributed by atoms with Crippen LogP contribution < -0.4 is 5.32 Å². The van der Waals surface area contributed by atoms with Crippen molar-refractivity contribution in [3.63, 3.8) is 0 Å². The van der Waals surface area contributed by atoms with E-state index >= 15 is 0 Å². The molecular weight excluding hydrogens is 610 g/mol. The molecule has 1 aromatic carbocycles. The summed E-state index contributed by atoms with van der Waals surface area (Å²) in [5.74, 6) is -4.33. The van der Waals surface area contributed by atoms with Crippen LogP contribution in [0.2, 0.25) is 0 Å². The molecule has 0 bridgehead atoms. The van der Waals surface area contributed by atoms with Gasteiger partial charge in [0.2, 0.25) is 17.8 Å². The molecule has 2 unspecified atom stereocenters. The van der Waals surface area contributed by atoms with E-state index in [1.165, 1.54) is 37.9 Å². The molecule has 1 fully saturated rings. The third-order valence-electron chi connectivity index (χ3n) is 5.87. The third kappa shape index (κ3) is 8.19. The number of nitrogens with one attached hydrogen (secondary N) is 1. The fraction of sp³-hybridized carbons (Fsp3) is 0.462. The lowest BCUT2D eigenvalue weighted by Gasteiger charge is -2.49. The molecule has 2 amide bonds. The second-order valence-electron chi connectivity index (χ2n) is 9.14. The molecule has 3 rings (SSSR count). The first kappa shape index (κ1) is 33.7. The number of fused-ring (bicyclic) bond motifs is 1. The summed E-state index contributed by atoms with van der Waals surface area (Å²) in [6.45, 7) is 4.70. The molecule has 0 spiro atoms. The van der Waals surface area contributed by atoms with Crippen LogP contribution in [0.15, 0.2) is 45.6 Å². The number of carbonyl (C=O) groups excluding carboxylic acids is 5. The Balaban J connectivity index is 1.73. The summed E-state index contributed by atoms with van der Waals surface area (Å²) in [5, 5.41) is 5.14. The smallest absolute Gasteiger partial charge is 0.358 e. The van der Waals surface area contributed by atoms with Crippen LogP contribution in [0.25, 0.3) is 0 Å². The summed E-state index contributed by atoms with van der Waals surface area (Å²) in [7, 11) is -2.93. The molecule has 0 aromatic heterocycles. The number of β-lactam (4-membered cyclic amide) rings is 1. The van der Waals surface area contributed by atoms with Crippen molar-refractivity contribution in [1.82, 2.24) is 10.2 Å². The van der Waals surface area contributed by atoms with Crippen molar-refractivity contribution < 1.29 is 55.6 Å². The van der Waals surface area contributed by atoms with Crippen molar-refractivity contribution in [3.8, 4) is 0 Å². The maximum atomic E-state index is 13.2. The Labute approximate surface area is 252 Å². The molecule has 15 nitrogen and oxygen atoms in total. The summed E-state index contributed by atoms with van der Waals surface area (Å²) >= 11 is 1.22. The number of rotatable bonds is 14.